The van der Waals surface area contributed by atoms with Gasteiger partial charge >= 0.3 is 6.09 Å². The molecule has 0 spiro atoms. The smallest absolute Gasteiger partial charge is 0.432 e. The Balaban J connectivity index is 1.32. The Hall–Kier alpha value is -4.48. The number of benzene rings is 2. The van der Waals surface area contributed by atoms with Crippen LogP contribution in [0.3, 0.4) is 0 Å². The van der Waals surface area contributed by atoms with Crippen LogP contribution in [-0.4, -0.2) is 45.4 Å². The predicted molar refractivity (Wildman–Crippen MR) is 159 cm³/mol. The van der Waals surface area contributed by atoms with Crippen molar-refractivity contribution in [3.8, 4) is 11.1 Å². The Kier molecular flexibility index (Phi) is 6.86. The zero-order valence-electron chi connectivity index (χ0n) is 23.4. The number of nitrogens with zero attached hydrogens (tertiary/aromatic N) is 6. The van der Waals surface area contributed by atoms with Crippen LogP contribution in [0.25, 0.3) is 22.0 Å². The van der Waals surface area contributed by atoms with Crippen molar-refractivity contribution in [2.75, 3.05) is 5.32 Å². The first-order valence-corrected chi connectivity index (χ1v) is 14.0. The van der Waals surface area contributed by atoms with Crippen molar-refractivity contribution in [3.63, 3.8) is 0 Å². The van der Waals surface area contributed by atoms with Gasteiger partial charge in [0.05, 0.1) is 29.2 Å². The van der Waals surface area contributed by atoms with Gasteiger partial charge < -0.3 is 15.5 Å². The summed E-state index contributed by atoms with van der Waals surface area (Å²) in [5.41, 5.74) is 4.36. The van der Waals surface area contributed by atoms with E-state index in [0.717, 1.165) is 63.1 Å². The molecule has 11 nitrogen and oxygen atoms in total. The number of carboxylic acid groups (broad SMARTS) is 1. The maximum absolute atomic E-state index is 13.1. The van der Waals surface area contributed by atoms with E-state index >= 15 is 0 Å². The third-order valence-corrected chi connectivity index (χ3v) is 8.06. The summed E-state index contributed by atoms with van der Waals surface area (Å²) in [4.78, 5) is 33.2. The summed E-state index contributed by atoms with van der Waals surface area (Å²) in [5.74, 6) is 0.326. The molecule has 0 radical (unpaired) electrons. The fraction of sp³-hybridized carbons (Fsp3) is 0.300. The average molecular weight is 588 g/mol. The molecule has 1 aliphatic carbocycles. The van der Waals surface area contributed by atoms with E-state index < -0.39 is 11.7 Å². The van der Waals surface area contributed by atoms with Crippen molar-refractivity contribution in [1.82, 2.24) is 29.1 Å². The fourth-order valence-corrected chi connectivity index (χ4v) is 5.64. The number of hydrogen-bond donors (Lipinski definition) is 3. The Bertz CT molecular complexity index is 1880. The monoisotopic (exact) mass is 587 g/mol. The largest absolute Gasteiger partial charge is 0.463 e. The second-order valence-corrected chi connectivity index (χ2v) is 11.5. The maximum Gasteiger partial charge on any atom is 0.432 e. The van der Waals surface area contributed by atoms with Crippen molar-refractivity contribution < 1.29 is 15.0 Å². The van der Waals surface area contributed by atoms with Crippen LogP contribution in [0, 0.1) is 0 Å². The number of nitrogens with one attached hydrogen (secondary N) is 1. The molecule has 1 atom stereocenters. The molecule has 3 N–H and O–H groups in total. The lowest BCUT2D eigenvalue weighted by Crippen LogP contribution is -2.20. The molecule has 0 saturated heterocycles. The number of aromatic nitrogens is 6. The van der Waals surface area contributed by atoms with Crippen molar-refractivity contribution in [1.29, 1.82) is 0 Å². The highest BCUT2D eigenvalue weighted by Gasteiger charge is 2.25. The van der Waals surface area contributed by atoms with Gasteiger partial charge in [-0.2, -0.15) is 9.78 Å². The zero-order valence-corrected chi connectivity index (χ0v) is 24.1. The molecular formula is C30H30ClN7O4. The first-order valence-electron chi connectivity index (χ1n) is 13.6. The zero-order chi connectivity index (χ0) is 29.8. The number of halogens is 1. The minimum Gasteiger partial charge on any atom is -0.463 e. The molecule has 42 heavy (non-hydrogen) atoms. The highest BCUT2D eigenvalue weighted by Crippen LogP contribution is 2.33. The van der Waals surface area contributed by atoms with Crippen molar-refractivity contribution in [2.24, 2.45) is 7.05 Å². The molecule has 2 aromatic carbocycles. The van der Waals surface area contributed by atoms with Crippen LogP contribution in [0.5, 0.6) is 0 Å². The van der Waals surface area contributed by atoms with Crippen LogP contribution < -0.4 is 10.9 Å². The van der Waals surface area contributed by atoms with E-state index in [2.05, 4.69) is 20.4 Å². The van der Waals surface area contributed by atoms with Crippen LogP contribution in [0.1, 0.15) is 55.4 Å². The van der Waals surface area contributed by atoms with Crippen molar-refractivity contribution >= 4 is 34.3 Å². The Morgan fingerprint density at radius 1 is 1.14 bits per heavy atom. The first kappa shape index (κ1) is 27.7. The summed E-state index contributed by atoms with van der Waals surface area (Å²) in [7, 11) is 1.72. The summed E-state index contributed by atoms with van der Waals surface area (Å²) in [6, 6.07) is 11.1. The summed E-state index contributed by atoms with van der Waals surface area (Å²) >= 11 is 6.65. The van der Waals surface area contributed by atoms with Gasteiger partial charge in [0.2, 0.25) is 0 Å². The molecule has 0 bridgehead atoms. The molecule has 0 amide bonds. The normalized spacial score (nSPS) is 15.1. The summed E-state index contributed by atoms with van der Waals surface area (Å²) in [6.07, 6.45) is 6.33. The minimum absolute atomic E-state index is 0.126. The molecule has 216 valence electrons. The molecule has 12 heteroatoms. The lowest BCUT2D eigenvalue weighted by Gasteiger charge is -2.24. The van der Waals surface area contributed by atoms with E-state index in [9.17, 15) is 19.8 Å². The molecule has 0 saturated carbocycles. The van der Waals surface area contributed by atoms with Crippen LogP contribution in [0.4, 0.5) is 10.5 Å². The molecule has 6 rings (SSSR count). The molecule has 3 aromatic heterocycles. The lowest BCUT2D eigenvalue weighted by molar-refractivity contribution is 0.0687. The number of aliphatic hydroxyl groups is 1. The van der Waals surface area contributed by atoms with Gasteiger partial charge in [0.25, 0.3) is 5.56 Å². The number of anilines is 1. The first-order chi connectivity index (χ1) is 20.0. The predicted octanol–water partition coefficient (Wildman–Crippen LogP) is 4.94. The lowest BCUT2D eigenvalue weighted by atomic mass is 9.93. The summed E-state index contributed by atoms with van der Waals surface area (Å²) in [6.45, 7) is 3.60. The van der Waals surface area contributed by atoms with Gasteiger partial charge in [0.15, 0.2) is 5.82 Å². The standard InChI is InChI=1S/C30H30ClN7O4/c1-30(2,42)28-32-13-20(14-33-28)17-7-9-22-25(12-17)38(36(3)27(22)39)16-19-11-21(8-10-23(19)31)34-24-6-4-5-18-15-37(29(40)41)35-26(18)24/h7-15,24,34,42H,4-6,16H2,1-3H3,(H,40,41). The van der Waals surface area contributed by atoms with Crippen LogP contribution in [0.2, 0.25) is 5.02 Å². The van der Waals surface area contributed by atoms with Crippen LogP contribution >= 0.6 is 11.6 Å². The Morgan fingerprint density at radius 2 is 1.90 bits per heavy atom. The van der Waals surface area contributed by atoms with Gasteiger partial charge in [-0.05, 0) is 80.1 Å². The number of rotatable bonds is 6. The van der Waals surface area contributed by atoms with Crippen LogP contribution in [0.15, 0.2) is 59.8 Å². The third-order valence-electron chi connectivity index (χ3n) is 7.69. The number of hydrogen-bond acceptors (Lipinski definition) is 7. The van der Waals surface area contributed by atoms with E-state index in [4.69, 9.17) is 11.6 Å². The van der Waals surface area contributed by atoms with E-state index in [1.54, 1.807) is 50.2 Å². The number of carbonyl (C=O) groups is 1. The third kappa shape index (κ3) is 5.05. The average Bonchev–Trinajstić information content (AvgIpc) is 3.51. The highest BCUT2D eigenvalue weighted by molar-refractivity contribution is 6.31. The van der Waals surface area contributed by atoms with Gasteiger partial charge in [-0.15, -0.1) is 0 Å². The second kappa shape index (κ2) is 10.4. The van der Waals surface area contributed by atoms with E-state index in [-0.39, 0.29) is 11.6 Å². The van der Waals surface area contributed by atoms with Crippen LogP contribution in [-0.2, 0) is 25.6 Å². The van der Waals surface area contributed by atoms with Gasteiger partial charge in [-0.1, -0.05) is 17.7 Å². The minimum atomic E-state index is -1.15. The van der Waals surface area contributed by atoms with Gasteiger partial charge in [0, 0.05) is 41.9 Å². The summed E-state index contributed by atoms with van der Waals surface area (Å²) < 4.78 is 4.42. The number of fused-ring (bicyclic) bond motifs is 2. The Morgan fingerprint density at radius 3 is 2.62 bits per heavy atom. The van der Waals surface area contributed by atoms with Gasteiger partial charge in [0.1, 0.15) is 5.60 Å². The van der Waals surface area contributed by atoms with E-state index in [1.807, 2.05) is 35.0 Å². The molecule has 0 aliphatic heterocycles. The topological polar surface area (TPSA) is 140 Å². The van der Waals surface area contributed by atoms with Crippen molar-refractivity contribution in [3.05, 3.63) is 93.0 Å². The quantitative estimate of drug-likeness (QED) is 0.254. The molecule has 3 heterocycles. The van der Waals surface area contributed by atoms with Gasteiger partial charge in [-0.3, -0.25) is 14.2 Å². The Labute approximate surface area is 246 Å². The summed E-state index contributed by atoms with van der Waals surface area (Å²) in [5, 5.41) is 28.5. The molecule has 1 aliphatic rings. The number of aryl methyl sites for hydroxylation is 1. The second-order valence-electron chi connectivity index (χ2n) is 11.1. The molecule has 0 fully saturated rings. The van der Waals surface area contributed by atoms with E-state index in [1.165, 1.54) is 0 Å². The fourth-order valence-electron chi connectivity index (χ4n) is 5.46. The van der Waals surface area contributed by atoms with E-state index in [0.29, 0.717) is 22.8 Å². The SMILES string of the molecule is Cn1c(=O)c2ccc(-c3cnc(C(C)(C)O)nc3)cc2n1Cc1cc(NC2CCCc3cn(C(=O)O)nc32)ccc1Cl. The highest BCUT2D eigenvalue weighted by atomic mass is 35.5. The molecular weight excluding hydrogens is 558 g/mol. The molecule has 5 aromatic rings. The van der Waals surface area contributed by atoms with Gasteiger partial charge in [-0.25, -0.2) is 14.8 Å². The maximum atomic E-state index is 13.1. The molecule has 1 unspecified atom stereocenters. The van der Waals surface area contributed by atoms with Crippen molar-refractivity contribution in [2.45, 2.75) is 51.3 Å².